The zero-order chi connectivity index (χ0) is 19.8. The van der Waals surface area contributed by atoms with Crippen molar-refractivity contribution in [1.82, 2.24) is 25.0 Å². The molecule has 0 aliphatic rings. The monoisotopic (exact) mass is 398 g/mol. The van der Waals surface area contributed by atoms with Gasteiger partial charge in [-0.15, -0.1) is 16.4 Å². The van der Waals surface area contributed by atoms with Gasteiger partial charge in [-0.3, -0.25) is 19.9 Å². The highest BCUT2D eigenvalue weighted by Crippen LogP contribution is 2.31. The summed E-state index contributed by atoms with van der Waals surface area (Å²) >= 11 is 1.38. The van der Waals surface area contributed by atoms with E-state index in [0.29, 0.717) is 22.2 Å². The van der Waals surface area contributed by atoms with E-state index in [-0.39, 0.29) is 11.9 Å². The largest absolute Gasteiger partial charge is 0.493 e. The standard InChI is InChI=1S/C18H18N6O3S/c1-9-11-8-14(28-17(11)24(2)23-9)16(25)20-18-19-15(21-22-18)10-5-6-12(26-3)13(7-10)27-4/h5-8H,1-4H3,(H2,19,20,21,22,25). The van der Waals surface area contributed by atoms with Crippen LogP contribution in [0.15, 0.2) is 24.3 Å². The Bertz CT molecular complexity index is 1140. The average molecular weight is 398 g/mol. The van der Waals surface area contributed by atoms with Gasteiger partial charge in [0.25, 0.3) is 5.91 Å². The molecule has 0 saturated carbocycles. The van der Waals surface area contributed by atoms with Crippen molar-refractivity contribution in [2.75, 3.05) is 19.5 Å². The van der Waals surface area contributed by atoms with E-state index in [1.165, 1.54) is 11.3 Å². The molecule has 4 rings (SSSR count). The number of H-pyrrole nitrogens is 1. The van der Waals surface area contributed by atoms with E-state index in [1.54, 1.807) is 31.0 Å². The molecule has 4 aromatic rings. The molecule has 2 N–H and O–H groups in total. The number of hydrogen-bond acceptors (Lipinski definition) is 7. The highest BCUT2D eigenvalue weighted by molar-refractivity contribution is 7.20. The summed E-state index contributed by atoms with van der Waals surface area (Å²) < 4.78 is 12.3. The number of hydrogen-bond donors (Lipinski definition) is 2. The van der Waals surface area contributed by atoms with Crippen LogP contribution in [0.1, 0.15) is 15.4 Å². The molecular formula is C18H18N6O3S. The van der Waals surface area contributed by atoms with Crippen molar-refractivity contribution in [3.63, 3.8) is 0 Å². The molecule has 0 atom stereocenters. The first kappa shape index (κ1) is 18.0. The molecule has 0 saturated heterocycles. The lowest BCUT2D eigenvalue weighted by Crippen LogP contribution is -2.11. The van der Waals surface area contributed by atoms with Crippen molar-refractivity contribution in [2.24, 2.45) is 7.05 Å². The molecule has 0 aliphatic heterocycles. The summed E-state index contributed by atoms with van der Waals surface area (Å²) in [6.45, 7) is 1.92. The lowest BCUT2D eigenvalue weighted by molar-refractivity contribution is 0.103. The minimum Gasteiger partial charge on any atom is -0.493 e. The Balaban J connectivity index is 1.55. The molecule has 9 nitrogen and oxygen atoms in total. The van der Waals surface area contributed by atoms with Gasteiger partial charge in [-0.25, -0.2) is 0 Å². The number of ether oxygens (including phenoxy) is 2. The van der Waals surface area contributed by atoms with Crippen LogP contribution >= 0.6 is 11.3 Å². The Morgan fingerprint density at radius 1 is 1.21 bits per heavy atom. The Morgan fingerprint density at radius 2 is 2.00 bits per heavy atom. The number of carbonyl (C=O) groups excluding carboxylic acids is 1. The quantitative estimate of drug-likeness (QED) is 0.535. The fraction of sp³-hybridized carbons (Fsp3) is 0.222. The van der Waals surface area contributed by atoms with Crippen molar-refractivity contribution in [3.8, 4) is 22.9 Å². The number of amides is 1. The van der Waals surface area contributed by atoms with Crippen molar-refractivity contribution in [2.45, 2.75) is 6.92 Å². The van der Waals surface area contributed by atoms with E-state index < -0.39 is 0 Å². The predicted molar refractivity (Wildman–Crippen MR) is 106 cm³/mol. The second-order valence-electron chi connectivity index (χ2n) is 6.07. The number of methoxy groups -OCH3 is 2. The van der Waals surface area contributed by atoms with Crippen molar-refractivity contribution in [3.05, 3.63) is 34.8 Å². The molecule has 0 aliphatic carbocycles. The highest BCUT2D eigenvalue weighted by atomic mass is 32.1. The molecule has 0 bridgehead atoms. The van der Waals surface area contributed by atoms with Crippen molar-refractivity contribution < 1.29 is 14.3 Å². The molecular weight excluding hydrogens is 380 g/mol. The maximum atomic E-state index is 12.6. The number of anilines is 1. The minimum atomic E-state index is -0.265. The predicted octanol–water partition coefficient (Wildman–Crippen LogP) is 3.00. The summed E-state index contributed by atoms with van der Waals surface area (Å²) in [7, 11) is 5.00. The fourth-order valence-corrected chi connectivity index (χ4v) is 3.93. The molecule has 0 radical (unpaired) electrons. The van der Waals surface area contributed by atoms with Gasteiger partial charge in [-0.2, -0.15) is 10.1 Å². The summed E-state index contributed by atoms with van der Waals surface area (Å²) in [5, 5.41) is 14.9. The lowest BCUT2D eigenvalue weighted by atomic mass is 10.2. The molecule has 0 spiro atoms. The van der Waals surface area contributed by atoms with Crippen LogP contribution in [0.4, 0.5) is 5.95 Å². The van der Waals surface area contributed by atoms with Gasteiger partial charge >= 0.3 is 0 Å². The number of nitrogens with zero attached hydrogens (tertiary/aromatic N) is 4. The van der Waals surface area contributed by atoms with E-state index >= 15 is 0 Å². The van der Waals surface area contributed by atoms with Crippen LogP contribution in [0.2, 0.25) is 0 Å². The van der Waals surface area contributed by atoms with Crippen LogP contribution in [0, 0.1) is 6.92 Å². The third kappa shape index (κ3) is 3.07. The zero-order valence-electron chi connectivity index (χ0n) is 15.7. The lowest BCUT2D eigenvalue weighted by Gasteiger charge is -2.07. The zero-order valence-corrected chi connectivity index (χ0v) is 16.5. The third-order valence-corrected chi connectivity index (χ3v) is 5.49. The summed E-state index contributed by atoms with van der Waals surface area (Å²) in [6.07, 6.45) is 0. The Labute approximate surface area is 164 Å². The van der Waals surface area contributed by atoms with Crippen LogP contribution in [0.3, 0.4) is 0 Å². The molecule has 3 heterocycles. The number of nitrogens with one attached hydrogen (secondary N) is 2. The average Bonchev–Trinajstić information content (AvgIpc) is 3.39. The number of aromatic amines is 1. The van der Waals surface area contributed by atoms with E-state index in [9.17, 15) is 4.79 Å². The van der Waals surface area contributed by atoms with Gasteiger partial charge in [0.05, 0.1) is 24.8 Å². The van der Waals surface area contributed by atoms with Gasteiger partial charge in [0, 0.05) is 18.0 Å². The van der Waals surface area contributed by atoms with E-state index in [1.807, 2.05) is 26.1 Å². The third-order valence-electron chi connectivity index (χ3n) is 4.29. The van der Waals surface area contributed by atoms with Gasteiger partial charge in [-0.05, 0) is 31.2 Å². The van der Waals surface area contributed by atoms with Crippen LogP contribution in [0.5, 0.6) is 11.5 Å². The number of carbonyl (C=O) groups is 1. The number of aromatic nitrogens is 5. The summed E-state index contributed by atoms with van der Waals surface area (Å²) in [5.74, 6) is 1.64. The van der Waals surface area contributed by atoms with Crippen LogP contribution in [0.25, 0.3) is 21.6 Å². The number of fused-ring (bicyclic) bond motifs is 1. The second-order valence-corrected chi connectivity index (χ2v) is 7.10. The highest BCUT2D eigenvalue weighted by Gasteiger charge is 2.17. The second kappa shape index (κ2) is 6.97. The number of benzene rings is 1. The summed E-state index contributed by atoms with van der Waals surface area (Å²) in [5.41, 5.74) is 1.65. The van der Waals surface area contributed by atoms with Gasteiger partial charge < -0.3 is 9.47 Å². The van der Waals surface area contributed by atoms with Gasteiger partial charge in [0.15, 0.2) is 17.3 Å². The summed E-state index contributed by atoms with van der Waals surface area (Å²) in [4.78, 5) is 18.4. The summed E-state index contributed by atoms with van der Waals surface area (Å²) in [6, 6.07) is 7.23. The van der Waals surface area contributed by atoms with E-state index in [2.05, 4.69) is 25.6 Å². The minimum absolute atomic E-state index is 0.196. The smallest absolute Gasteiger partial charge is 0.268 e. The molecule has 28 heavy (non-hydrogen) atoms. The Kier molecular flexibility index (Phi) is 4.47. The van der Waals surface area contributed by atoms with Crippen LogP contribution in [-0.4, -0.2) is 45.1 Å². The molecule has 1 amide bonds. The topological polar surface area (TPSA) is 107 Å². The Hall–Kier alpha value is -3.40. The fourth-order valence-electron chi connectivity index (χ4n) is 2.91. The number of rotatable bonds is 5. The van der Waals surface area contributed by atoms with E-state index in [4.69, 9.17) is 9.47 Å². The van der Waals surface area contributed by atoms with Gasteiger partial charge in [0.2, 0.25) is 5.95 Å². The molecule has 3 aromatic heterocycles. The maximum Gasteiger partial charge on any atom is 0.268 e. The normalized spacial score (nSPS) is 11.0. The number of thiophene rings is 1. The molecule has 0 fully saturated rings. The van der Waals surface area contributed by atoms with Crippen molar-refractivity contribution in [1.29, 1.82) is 0 Å². The first-order chi connectivity index (χ1) is 13.5. The molecule has 1 aromatic carbocycles. The number of aryl methyl sites for hydroxylation is 2. The maximum absolute atomic E-state index is 12.6. The van der Waals surface area contributed by atoms with Crippen LogP contribution < -0.4 is 14.8 Å². The molecule has 0 unspecified atom stereocenters. The van der Waals surface area contributed by atoms with Gasteiger partial charge in [0.1, 0.15) is 4.83 Å². The van der Waals surface area contributed by atoms with Crippen molar-refractivity contribution >= 4 is 33.4 Å². The molecule has 10 heteroatoms. The first-order valence-electron chi connectivity index (χ1n) is 8.39. The van der Waals surface area contributed by atoms with Gasteiger partial charge in [-0.1, -0.05) is 0 Å². The van der Waals surface area contributed by atoms with E-state index in [0.717, 1.165) is 21.5 Å². The van der Waals surface area contributed by atoms with Crippen LogP contribution in [-0.2, 0) is 7.05 Å². The SMILES string of the molecule is COc1ccc(-c2nc(NC(=O)c3cc4c(C)nn(C)c4s3)n[nH]2)cc1OC. The molecule has 144 valence electrons. The first-order valence-corrected chi connectivity index (χ1v) is 9.21. The Morgan fingerprint density at radius 3 is 2.71 bits per heavy atom.